The molecule has 8 heteroatoms. The summed E-state index contributed by atoms with van der Waals surface area (Å²) in [5, 5.41) is 14.9. The summed E-state index contributed by atoms with van der Waals surface area (Å²) >= 11 is 0. The molecule has 4 heterocycles. The normalized spacial score (nSPS) is 25.7. The van der Waals surface area contributed by atoms with E-state index in [-0.39, 0.29) is 11.9 Å². The first-order valence-corrected chi connectivity index (χ1v) is 11.6. The Balaban J connectivity index is 1.10. The van der Waals surface area contributed by atoms with Gasteiger partial charge in [0.1, 0.15) is 5.82 Å². The van der Waals surface area contributed by atoms with Crippen LogP contribution in [0.4, 0.5) is 5.82 Å². The van der Waals surface area contributed by atoms with Gasteiger partial charge in [0.05, 0.1) is 30.0 Å². The van der Waals surface area contributed by atoms with Gasteiger partial charge in [0.15, 0.2) is 0 Å². The van der Waals surface area contributed by atoms with Crippen LogP contribution in [0.1, 0.15) is 58.0 Å². The van der Waals surface area contributed by atoms with Crippen molar-refractivity contribution in [1.82, 2.24) is 30.3 Å². The molecule has 2 fully saturated rings. The highest BCUT2D eigenvalue weighted by molar-refractivity contribution is 5.94. The molecular weight excluding hydrogens is 402 g/mol. The summed E-state index contributed by atoms with van der Waals surface area (Å²) in [5.41, 5.74) is 6.00. The fraction of sp³-hybridized carbons (Fsp3) is 0.500. The van der Waals surface area contributed by atoms with Gasteiger partial charge < -0.3 is 10.2 Å². The molecular formula is C24H29N7O. The van der Waals surface area contributed by atoms with Crippen molar-refractivity contribution in [2.45, 2.75) is 46.2 Å². The van der Waals surface area contributed by atoms with Crippen molar-refractivity contribution in [3.8, 4) is 0 Å². The summed E-state index contributed by atoms with van der Waals surface area (Å²) in [4.78, 5) is 20.0. The van der Waals surface area contributed by atoms with Crippen LogP contribution in [0.5, 0.6) is 0 Å². The summed E-state index contributed by atoms with van der Waals surface area (Å²) < 4.78 is 1.81. The molecule has 1 saturated carbocycles. The van der Waals surface area contributed by atoms with Crippen molar-refractivity contribution in [3.63, 3.8) is 0 Å². The lowest BCUT2D eigenvalue weighted by Gasteiger charge is -2.21. The van der Waals surface area contributed by atoms with Crippen molar-refractivity contribution in [2.75, 3.05) is 18.0 Å². The van der Waals surface area contributed by atoms with E-state index in [2.05, 4.69) is 51.5 Å². The van der Waals surface area contributed by atoms with Crippen LogP contribution in [0.2, 0.25) is 0 Å². The Kier molecular flexibility index (Phi) is 4.38. The lowest BCUT2D eigenvalue weighted by Crippen LogP contribution is -2.27. The molecule has 4 atom stereocenters. The number of anilines is 1. The number of nitrogens with zero attached hydrogens (tertiary/aromatic N) is 5. The third-order valence-electron chi connectivity index (χ3n) is 7.78. The maximum absolute atomic E-state index is 12.8. The highest BCUT2D eigenvalue weighted by atomic mass is 16.1. The molecule has 1 saturated heterocycles. The Morgan fingerprint density at radius 1 is 1.25 bits per heavy atom. The highest BCUT2D eigenvalue weighted by Gasteiger charge is 2.52. The van der Waals surface area contributed by atoms with E-state index >= 15 is 0 Å². The number of fused-ring (bicyclic) bond motifs is 2. The number of pyridine rings is 1. The molecule has 0 radical (unpaired) electrons. The second-order valence-electron chi connectivity index (χ2n) is 9.71. The van der Waals surface area contributed by atoms with Crippen molar-refractivity contribution in [1.29, 1.82) is 0 Å². The number of carbonyl (C=O) groups is 1. The number of nitrogens with one attached hydrogen (secondary N) is 2. The maximum Gasteiger partial charge on any atom is 0.255 e. The zero-order valence-corrected chi connectivity index (χ0v) is 18.8. The van der Waals surface area contributed by atoms with Gasteiger partial charge in [-0.3, -0.25) is 14.6 Å². The maximum atomic E-state index is 12.8. The quantitative estimate of drug-likeness (QED) is 0.648. The minimum Gasteiger partial charge on any atom is -0.356 e. The zero-order valence-electron chi connectivity index (χ0n) is 18.8. The number of aryl methyl sites for hydroxylation is 2. The van der Waals surface area contributed by atoms with Crippen LogP contribution in [0.15, 0.2) is 24.5 Å². The van der Waals surface area contributed by atoms with Gasteiger partial charge in [-0.15, -0.1) is 0 Å². The SMILES string of the molecule is Cc1nc(N2C[C@@H]3C(C)[C@@H]3C2)ccc1Cn1cc(C(=O)N[C@@H]2CCc3c2n[nH]c3C)cn1. The number of carbonyl (C=O) groups excluding carboxylic acids is 1. The van der Waals surface area contributed by atoms with E-state index in [1.807, 2.05) is 17.8 Å². The van der Waals surface area contributed by atoms with Gasteiger partial charge in [0.2, 0.25) is 0 Å². The van der Waals surface area contributed by atoms with Crippen LogP contribution in [0.25, 0.3) is 0 Å². The molecule has 1 unspecified atom stereocenters. The lowest BCUT2D eigenvalue weighted by atomic mass is 10.2. The topological polar surface area (TPSA) is 91.7 Å². The Morgan fingerprint density at radius 2 is 2.06 bits per heavy atom. The van der Waals surface area contributed by atoms with Gasteiger partial charge in [-0.2, -0.15) is 10.2 Å². The summed E-state index contributed by atoms with van der Waals surface area (Å²) in [6.45, 7) is 9.30. The number of amides is 1. The fourth-order valence-electron chi connectivity index (χ4n) is 5.55. The minimum absolute atomic E-state index is 0.0376. The second-order valence-corrected chi connectivity index (χ2v) is 9.71. The van der Waals surface area contributed by atoms with Crippen LogP contribution >= 0.6 is 0 Å². The number of aromatic amines is 1. The number of piperidine rings is 1. The molecule has 3 aromatic rings. The van der Waals surface area contributed by atoms with Crippen LogP contribution in [0.3, 0.4) is 0 Å². The van der Waals surface area contributed by atoms with Crippen LogP contribution in [-0.2, 0) is 13.0 Å². The van der Waals surface area contributed by atoms with Crippen LogP contribution < -0.4 is 10.2 Å². The second kappa shape index (κ2) is 7.18. The number of H-pyrrole nitrogens is 1. The van der Waals surface area contributed by atoms with Crippen molar-refractivity contribution in [3.05, 3.63) is 58.3 Å². The molecule has 32 heavy (non-hydrogen) atoms. The summed E-state index contributed by atoms with van der Waals surface area (Å²) in [6.07, 6.45) is 5.28. The van der Waals surface area contributed by atoms with Crippen molar-refractivity contribution >= 4 is 11.7 Å². The Labute approximate surface area is 187 Å². The third-order valence-corrected chi connectivity index (χ3v) is 7.78. The summed E-state index contributed by atoms with van der Waals surface area (Å²) in [5.74, 6) is 3.58. The first-order valence-electron chi connectivity index (χ1n) is 11.6. The Bertz CT molecular complexity index is 1180. The summed E-state index contributed by atoms with van der Waals surface area (Å²) in [6, 6.07) is 4.23. The van der Waals surface area contributed by atoms with Gasteiger partial charge in [-0.25, -0.2) is 4.98 Å². The molecule has 166 valence electrons. The van der Waals surface area contributed by atoms with E-state index in [0.29, 0.717) is 12.1 Å². The smallest absolute Gasteiger partial charge is 0.255 e. The van der Waals surface area contributed by atoms with Gasteiger partial charge in [-0.1, -0.05) is 13.0 Å². The molecule has 0 spiro atoms. The monoisotopic (exact) mass is 431 g/mol. The number of rotatable bonds is 5. The number of hydrogen-bond donors (Lipinski definition) is 2. The van der Waals surface area contributed by atoms with E-state index in [4.69, 9.17) is 4.98 Å². The largest absolute Gasteiger partial charge is 0.356 e. The standard InChI is InChI=1S/C24H29N7O/c1-13-19-11-30(12-20(13)19)22-7-4-16(14(2)26-22)9-31-10-17(8-25-31)24(32)27-21-6-5-18-15(3)28-29-23(18)21/h4,7-8,10,13,19-21H,5-6,9,11-12H2,1-3H3,(H,27,32)(H,28,29)/t13?,19-,20+,21-/m1/s1. The molecule has 8 nitrogen and oxygen atoms in total. The van der Waals surface area contributed by atoms with E-state index in [0.717, 1.165) is 72.1 Å². The molecule has 6 rings (SSSR count). The molecule has 3 aromatic heterocycles. The summed E-state index contributed by atoms with van der Waals surface area (Å²) in [7, 11) is 0. The average molecular weight is 432 g/mol. The minimum atomic E-state index is -0.109. The molecule has 0 bridgehead atoms. The zero-order chi connectivity index (χ0) is 22.0. The van der Waals surface area contributed by atoms with Gasteiger partial charge >= 0.3 is 0 Å². The van der Waals surface area contributed by atoms with Gasteiger partial charge in [-0.05, 0) is 61.6 Å². The van der Waals surface area contributed by atoms with E-state index in [9.17, 15) is 4.79 Å². The molecule has 2 aliphatic carbocycles. The van der Waals surface area contributed by atoms with Gasteiger partial charge in [0.25, 0.3) is 5.91 Å². The average Bonchev–Trinajstić information content (AvgIpc) is 3.36. The highest BCUT2D eigenvalue weighted by Crippen LogP contribution is 2.51. The molecule has 2 N–H and O–H groups in total. The third kappa shape index (κ3) is 3.20. The molecule has 1 aliphatic heterocycles. The number of hydrogen-bond acceptors (Lipinski definition) is 5. The predicted octanol–water partition coefficient (Wildman–Crippen LogP) is 2.79. The first-order chi connectivity index (χ1) is 15.5. The first kappa shape index (κ1) is 19.5. The molecule has 3 aliphatic rings. The Morgan fingerprint density at radius 3 is 2.84 bits per heavy atom. The fourth-order valence-corrected chi connectivity index (χ4v) is 5.55. The van der Waals surface area contributed by atoms with Crippen LogP contribution in [-0.4, -0.2) is 44.0 Å². The van der Waals surface area contributed by atoms with Crippen LogP contribution in [0, 0.1) is 31.6 Å². The van der Waals surface area contributed by atoms with E-state index in [1.54, 1.807) is 6.20 Å². The van der Waals surface area contributed by atoms with E-state index in [1.165, 1.54) is 5.56 Å². The molecule has 1 amide bonds. The lowest BCUT2D eigenvalue weighted by molar-refractivity contribution is 0.0936. The number of aromatic nitrogens is 5. The van der Waals surface area contributed by atoms with Gasteiger partial charge in [0, 0.05) is 30.7 Å². The molecule has 0 aromatic carbocycles. The van der Waals surface area contributed by atoms with Crippen molar-refractivity contribution < 1.29 is 4.79 Å². The predicted molar refractivity (Wildman–Crippen MR) is 121 cm³/mol. The van der Waals surface area contributed by atoms with E-state index < -0.39 is 0 Å². The van der Waals surface area contributed by atoms with Crippen molar-refractivity contribution in [2.24, 2.45) is 17.8 Å². The Hall–Kier alpha value is -3.16.